The summed E-state index contributed by atoms with van der Waals surface area (Å²) in [7, 11) is 1.38. The van der Waals surface area contributed by atoms with Crippen molar-refractivity contribution in [1.82, 2.24) is 19.9 Å². The second kappa shape index (κ2) is 9.63. The standard InChI is InChI=1S/C30H36N6O3/c1-19-16-24(32-20(2)25(19)28(38)39-7)34-14-15-36(30(5,6)18-34)27(37)21-11-12-22-26(33-21)29(3,4)17-35(22)23-10-8-9-13-31-23/h8-13,16H,14-15,17-18H2,1-7H3. The summed E-state index contributed by atoms with van der Waals surface area (Å²) in [4.78, 5) is 46.4. The Hall–Kier alpha value is -4.01. The van der Waals surface area contributed by atoms with Crippen LogP contribution in [0.15, 0.2) is 42.6 Å². The molecule has 0 atom stereocenters. The van der Waals surface area contributed by atoms with Gasteiger partial charge in [-0.2, -0.15) is 0 Å². The number of esters is 1. The number of rotatable bonds is 4. The van der Waals surface area contributed by atoms with Gasteiger partial charge in [-0.3, -0.25) is 4.79 Å². The summed E-state index contributed by atoms with van der Waals surface area (Å²) in [5, 5.41) is 0. The maximum absolute atomic E-state index is 13.8. The SMILES string of the molecule is COC(=O)c1c(C)cc(N2CCN(C(=O)c3ccc4c(n3)C(C)(C)CN4c3ccccn3)C(C)(C)C2)nc1C. The minimum atomic E-state index is -0.462. The minimum absolute atomic E-state index is 0.0732. The number of hydrogen-bond donors (Lipinski definition) is 0. The zero-order valence-electron chi connectivity index (χ0n) is 23.8. The quantitative estimate of drug-likeness (QED) is 0.459. The van der Waals surface area contributed by atoms with E-state index in [9.17, 15) is 9.59 Å². The lowest BCUT2D eigenvalue weighted by atomic mass is 9.91. The van der Waals surface area contributed by atoms with Crippen molar-refractivity contribution in [2.75, 3.05) is 43.1 Å². The number of piperazine rings is 1. The molecule has 0 unspecified atom stereocenters. The predicted molar refractivity (Wildman–Crippen MR) is 151 cm³/mol. The van der Waals surface area contributed by atoms with Crippen molar-refractivity contribution in [3.05, 3.63) is 70.8 Å². The fraction of sp³-hybridized carbons (Fsp3) is 0.433. The van der Waals surface area contributed by atoms with Crippen molar-refractivity contribution in [1.29, 1.82) is 0 Å². The average Bonchev–Trinajstić information content (AvgIpc) is 3.17. The molecule has 0 spiro atoms. The fourth-order valence-corrected chi connectivity index (χ4v) is 5.81. The van der Waals surface area contributed by atoms with Gasteiger partial charge in [-0.05, 0) is 63.6 Å². The Kier molecular flexibility index (Phi) is 6.56. The van der Waals surface area contributed by atoms with Crippen LogP contribution in [0.3, 0.4) is 0 Å². The van der Waals surface area contributed by atoms with Crippen LogP contribution in [0.2, 0.25) is 0 Å². The van der Waals surface area contributed by atoms with Crippen LogP contribution in [0.4, 0.5) is 17.3 Å². The molecular weight excluding hydrogens is 492 g/mol. The number of carbonyl (C=O) groups excluding carboxylic acids is 2. The molecule has 1 amide bonds. The highest BCUT2D eigenvalue weighted by atomic mass is 16.5. The molecule has 1 fully saturated rings. The summed E-state index contributed by atoms with van der Waals surface area (Å²) in [6, 6.07) is 11.6. The molecule has 0 aromatic carbocycles. The van der Waals surface area contributed by atoms with Crippen LogP contribution in [-0.4, -0.2) is 70.6 Å². The smallest absolute Gasteiger partial charge is 0.339 e. The van der Waals surface area contributed by atoms with Gasteiger partial charge in [-0.25, -0.2) is 19.7 Å². The Balaban J connectivity index is 1.38. The molecule has 2 aliphatic rings. The van der Waals surface area contributed by atoms with Crippen LogP contribution in [0.1, 0.15) is 65.5 Å². The molecule has 1 saturated heterocycles. The molecule has 3 aromatic heterocycles. The van der Waals surface area contributed by atoms with E-state index < -0.39 is 5.54 Å². The highest BCUT2D eigenvalue weighted by Crippen LogP contribution is 2.42. The molecule has 0 N–H and O–H groups in total. The highest BCUT2D eigenvalue weighted by molar-refractivity contribution is 5.94. The number of amides is 1. The van der Waals surface area contributed by atoms with Crippen molar-refractivity contribution in [2.24, 2.45) is 0 Å². The maximum Gasteiger partial charge on any atom is 0.339 e. The Bertz CT molecular complexity index is 1410. The first-order chi connectivity index (χ1) is 18.4. The van der Waals surface area contributed by atoms with Crippen molar-refractivity contribution in [3.8, 4) is 0 Å². The number of carbonyl (C=O) groups is 2. The van der Waals surface area contributed by atoms with Crippen LogP contribution in [0.25, 0.3) is 0 Å². The Morgan fingerprint density at radius 1 is 0.949 bits per heavy atom. The van der Waals surface area contributed by atoms with Gasteiger partial charge < -0.3 is 19.4 Å². The largest absolute Gasteiger partial charge is 0.465 e. The van der Waals surface area contributed by atoms with E-state index in [0.717, 1.165) is 35.1 Å². The minimum Gasteiger partial charge on any atom is -0.465 e. The summed E-state index contributed by atoms with van der Waals surface area (Å²) in [5.41, 5.74) is 3.64. The Morgan fingerprint density at radius 2 is 1.72 bits per heavy atom. The van der Waals surface area contributed by atoms with Gasteiger partial charge in [-0.15, -0.1) is 0 Å². The van der Waals surface area contributed by atoms with Crippen LogP contribution in [0.5, 0.6) is 0 Å². The van der Waals surface area contributed by atoms with Crippen LogP contribution in [-0.2, 0) is 10.2 Å². The van der Waals surface area contributed by atoms with E-state index in [-0.39, 0.29) is 17.3 Å². The number of ether oxygens (including phenoxy) is 1. The molecule has 39 heavy (non-hydrogen) atoms. The normalized spacial score (nSPS) is 17.7. The molecule has 0 radical (unpaired) electrons. The molecule has 3 aromatic rings. The van der Waals surface area contributed by atoms with E-state index in [1.807, 2.05) is 55.1 Å². The van der Waals surface area contributed by atoms with E-state index in [0.29, 0.717) is 36.6 Å². The van der Waals surface area contributed by atoms with Crippen LogP contribution < -0.4 is 9.80 Å². The van der Waals surface area contributed by atoms with Crippen molar-refractivity contribution in [2.45, 2.75) is 52.5 Å². The number of aryl methyl sites for hydroxylation is 2. The van der Waals surface area contributed by atoms with E-state index in [2.05, 4.69) is 42.5 Å². The second-order valence-corrected chi connectivity index (χ2v) is 11.7. The molecule has 2 aliphatic heterocycles. The van der Waals surface area contributed by atoms with Crippen LogP contribution in [0, 0.1) is 13.8 Å². The number of fused-ring (bicyclic) bond motifs is 1. The third-order valence-electron chi connectivity index (χ3n) is 7.75. The van der Waals surface area contributed by atoms with Crippen LogP contribution >= 0.6 is 0 Å². The second-order valence-electron chi connectivity index (χ2n) is 11.7. The van der Waals surface area contributed by atoms with Gasteiger partial charge in [0.15, 0.2) is 0 Å². The molecule has 0 saturated carbocycles. The first-order valence-electron chi connectivity index (χ1n) is 13.3. The predicted octanol–water partition coefficient (Wildman–Crippen LogP) is 4.45. The van der Waals surface area contributed by atoms with E-state index >= 15 is 0 Å². The number of anilines is 3. The molecule has 5 heterocycles. The zero-order valence-corrected chi connectivity index (χ0v) is 23.8. The number of methoxy groups -OCH3 is 1. The molecule has 204 valence electrons. The lowest BCUT2D eigenvalue weighted by molar-refractivity contribution is 0.0505. The number of aromatic nitrogens is 3. The van der Waals surface area contributed by atoms with Crippen molar-refractivity contribution >= 4 is 29.2 Å². The lowest BCUT2D eigenvalue weighted by Gasteiger charge is -2.47. The van der Waals surface area contributed by atoms with E-state index in [1.165, 1.54) is 7.11 Å². The van der Waals surface area contributed by atoms with Gasteiger partial charge in [-0.1, -0.05) is 19.9 Å². The van der Waals surface area contributed by atoms with Crippen molar-refractivity contribution in [3.63, 3.8) is 0 Å². The third kappa shape index (κ3) is 4.70. The molecule has 9 nitrogen and oxygen atoms in total. The Morgan fingerprint density at radius 3 is 2.36 bits per heavy atom. The van der Waals surface area contributed by atoms with Gasteiger partial charge in [0.1, 0.15) is 17.3 Å². The first kappa shape index (κ1) is 26.6. The molecule has 0 aliphatic carbocycles. The van der Waals surface area contributed by atoms with Crippen molar-refractivity contribution < 1.29 is 14.3 Å². The molecular formula is C30H36N6O3. The zero-order chi connectivity index (χ0) is 28.1. The summed E-state index contributed by atoms with van der Waals surface area (Å²) < 4.78 is 4.92. The van der Waals surface area contributed by atoms with Gasteiger partial charge in [0, 0.05) is 37.8 Å². The molecule has 5 rings (SSSR count). The maximum atomic E-state index is 13.8. The first-order valence-corrected chi connectivity index (χ1v) is 13.3. The highest BCUT2D eigenvalue weighted by Gasteiger charge is 2.41. The summed E-state index contributed by atoms with van der Waals surface area (Å²) >= 11 is 0. The monoisotopic (exact) mass is 528 g/mol. The third-order valence-corrected chi connectivity index (χ3v) is 7.75. The average molecular weight is 529 g/mol. The Labute approximate surface area is 229 Å². The summed E-state index contributed by atoms with van der Waals surface area (Å²) in [6.07, 6.45) is 1.79. The van der Waals surface area contributed by atoms with Gasteiger partial charge in [0.2, 0.25) is 0 Å². The number of hydrogen-bond acceptors (Lipinski definition) is 8. The topological polar surface area (TPSA) is 91.8 Å². The fourth-order valence-electron chi connectivity index (χ4n) is 5.81. The van der Waals surface area contributed by atoms with Gasteiger partial charge >= 0.3 is 5.97 Å². The van der Waals surface area contributed by atoms with Gasteiger partial charge in [0.05, 0.1) is 35.3 Å². The lowest BCUT2D eigenvalue weighted by Crippen LogP contribution is -2.61. The molecule has 9 heteroatoms. The van der Waals surface area contributed by atoms with E-state index in [1.54, 1.807) is 6.20 Å². The number of pyridine rings is 3. The number of nitrogens with zero attached hydrogens (tertiary/aromatic N) is 6. The molecule has 0 bridgehead atoms. The van der Waals surface area contributed by atoms with Gasteiger partial charge in [0.25, 0.3) is 5.91 Å². The van der Waals surface area contributed by atoms with E-state index in [4.69, 9.17) is 14.7 Å². The summed E-state index contributed by atoms with van der Waals surface area (Å²) in [6.45, 7) is 14.7. The summed E-state index contributed by atoms with van der Waals surface area (Å²) in [5.74, 6) is 1.22.